The number of aromatic nitrogens is 1. The van der Waals surface area contributed by atoms with Crippen molar-refractivity contribution in [3.05, 3.63) is 41.7 Å². The van der Waals surface area contributed by atoms with Crippen LogP contribution in [0.15, 0.2) is 40.6 Å². The third-order valence-electron chi connectivity index (χ3n) is 4.06. The first kappa shape index (κ1) is 14.9. The fraction of sp³-hybridized carbons (Fsp3) is 0.176. The molecule has 0 aliphatic carbocycles. The van der Waals surface area contributed by atoms with Gasteiger partial charge in [-0.2, -0.15) is 5.10 Å². The Kier molecular flexibility index (Phi) is 3.38. The second-order valence-electron chi connectivity index (χ2n) is 5.34. The first-order valence-corrected chi connectivity index (χ1v) is 8.54. The standard InChI is InChI=1S/C17H14N4O2S/c1-21-15-10(7-8-18-14(15)17(22)23-2)9-5-4-6-11-12(9)13(20-21)16(19-11)24-3/h4-8H,1-3H3. The van der Waals surface area contributed by atoms with E-state index >= 15 is 0 Å². The molecule has 0 bridgehead atoms. The molecule has 0 amide bonds. The number of nitrogens with zero attached hydrogens (tertiary/aromatic N) is 4. The molecule has 7 heteroatoms. The number of carbonyl (C=O) groups excluding carboxylic acids is 1. The molecular weight excluding hydrogens is 324 g/mol. The number of pyridine rings is 1. The van der Waals surface area contributed by atoms with Gasteiger partial charge in [0, 0.05) is 24.4 Å². The highest BCUT2D eigenvalue weighted by Crippen LogP contribution is 2.43. The van der Waals surface area contributed by atoms with Gasteiger partial charge in [-0.15, -0.1) is 11.8 Å². The van der Waals surface area contributed by atoms with Gasteiger partial charge in [-0.25, -0.2) is 14.8 Å². The van der Waals surface area contributed by atoms with E-state index in [4.69, 9.17) is 9.84 Å². The molecule has 0 spiro atoms. The lowest BCUT2D eigenvalue weighted by Crippen LogP contribution is -2.19. The van der Waals surface area contributed by atoms with Gasteiger partial charge in [-0.1, -0.05) is 12.1 Å². The second-order valence-corrected chi connectivity index (χ2v) is 6.14. The minimum absolute atomic E-state index is 0.252. The number of thioether (sulfide) groups is 1. The SMILES string of the molecule is COC(=O)c1nccc2c1N(C)N=C1C(SC)=Nc3cccc-2c31. The Morgan fingerprint density at radius 3 is 2.83 bits per heavy atom. The van der Waals surface area contributed by atoms with Gasteiger partial charge >= 0.3 is 5.97 Å². The minimum Gasteiger partial charge on any atom is -0.464 e. The molecule has 1 aromatic heterocycles. The van der Waals surface area contributed by atoms with Gasteiger partial charge in [0.1, 0.15) is 16.4 Å². The van der Waals surface area contributed by atoms with Crippen LogP contribution in [0.4, 0.5) is 11.4 Å². The van der Waals surface area contributed by atoms with E-state index in [1.807, 2.05) is 37.6 Å². The lowest BCUT2D eigenvalue weighted by molar-refractivity contribution is 0.0595. The molecule has 0 saturated heterocycles. The summed E-state index contributed by atoms with van der Waals surface area (Å²) in [7, 11) is 3.16. The third kappa shape index (κ3) is 1.98. The Morgan fingerprint density at radius 1 is 1.25 bits per heavy atom. The molecule has 120 valence electrons. The van der Waals surface area contributed by atoms with Crippen LogP contribution in [-0.2, 0) is 4.74 Å². The predicted molar refractivity (Wildman–Crippen MR) is 96.6 cm³/mol. The van der Waals surface area contributed by atoms with Gasteiger partial charge in [0.2, 0.25) is 0 Å². The van der Waals surface area contributed by atoms with Gasteiger partial charge in [0.15, 0.2) is 5.69 Å². The summed E-state index contributed by atoms with van der Waals surface area (Å²) < 4.78 is 4.88. The molecule has 0 atom stereocenters. The van der Waals surface area contributed by atoms with E-state index in [0.717, 1.165) is 33.1 Å². The summed E-state index contributed by atoms with van der Waals surface area (Å²) in [5.41, 5.74) is 5.49. The first-order chi connectivity index (χ1) is 11.7. The van der Waals surface area contributed by atoms with E-state index in [0.29, 0.717) is 5.69 Å². The van der Waals surface area contributed by atoms with Crippen molar-refractivity contribution in [1.29, 1.82) is 0 Å². The van der Waals surface area contributed by atoms with Crippen LogP contribution in [-0.4, -0.2) is 42.1 Å². The number of benzene rings is 1. The van der Waals surface area contributed by atoms with Crippen molar-refractivity contribution in [1.82, 2.24) is 4.98 Å². The van der Waals surface area contributed by atoms with Gasteiger partial charge in [0.05, 0.1) is 12.8 Å². The number of esters is 1. The Bertz CT molecular complexity index is 936. The molecule has 1 aromatic carbocycles. The Morgan fingerprint density at radius 2 is 2.08 bits per heavy atom. The molecular formula is C17H14N4O2S. The van der Waals surface area contributed by atoms with E-state index in [-0.39, 0.29) is 5.69 Å². The van der Waals surface area contributed by atoms with Gasteiger partial charge < -0.3 is 4.74 Å². The normalized spacial score (nSPS) is 14.4. The Labute approximate surface area is 143 Å². The maximum atomic E-state index is 12.2. The van der Waals surface area contributed by atoms with Crippen molar-refractivity contribution in [2.45, 2.75) is 0 Å². The molecule has 0 saturated carbocycles. The summed E-state index contributed by atoms with van der Waals surface area (Å²) in [5, 5.41) is 7.26. The molecule has 4 rings (SSSR count). The van der Waals surface area contributed by atoms with Crippen molar-refractivity contribution >= 4 is 39.9 Å². The number of ether oxygens (including phenoxy) is 1. The van der Waals surface area contributed by atoms with E-state index in [9.17, 15) is 4.79 Å². The van der Waals surface area contributed by atoms with Crippen molar-refractivity contribution in [3.8, 4) is 11.1 Å². The zero-order chi connectivity index (χ0) is 16.8. The van der Waals surface area contributed by atoms with E-state index < -0.39 is 5.97 Å². The highest BCUT2D eigenvalue weighted by Gasteiger charge is 2.32. The predicted octanol–water partition coefficient (Wildman–Crippen LogP) is 3.10. The summed E-state index contributed by atoms with van der Waals surface area (Å²) in [5.74, 6) is -0.481. The summed E-state index contributed by atoms with van der Waals surface area (Å²) >= 11 is 1.55. The largest absolute Gasteiger partial charge is 0.464 e. The highest BCUT2D eigenvalue weighted by molar-refractivity contribution is 8.15. The summed E-state index contributed by atoms with van der Waals surface area (Å²) in [4.78, 5) is 21.0. The van der Waals surface area contributed by atoms with Crippen LogP contribution in [0, 0.1) is 0 Å². The second kappa shape index (κ2) is 5.45. The summed E-state index contributed by atoms with van der Waals surface area (Å²) in [6, 6.07) is 7.85. The van der Waals surface area contributed by atoms with Crippen LogP contribution in [0.3, 0.4) is 0 Å². The molecule has 6 nitrogen and oxygen atoms in total. The lowest BCUT2D eigenvalue weighted by atomic mass is 9.96. The molecule has 3 heterocycles. The molecule has 0 fully saturated rings. The number of rotatable bonds is 1. The molecule has 0 N–H and O–H groups in total. The zero-order valence-electron chi connectivity index (χ0n) is 13.4. The van der Waals surface area contributed by atoms with E-state index in [2.05, 4.69) is 9.98 Å². The Balaban J connectivity index is 2.06. The number of hydrazone groups is 1. The third-order valence-corrected chi connectivity index (χ3v) is 4.74. The molecule has 2 aliphatic heterocycles. The van der Waals surface area contributed by atoms with Crippen LogP contribution >= 0.6 is 11.8 Å². The molecule has 0 unspecified atom stereocenters. The first-order valence-electron chi connectivity index (χ1n) is 7.32. The van der Waals surface area contributed by atoms with Crippen LogP contribution < -0.4 is 5.01 Å². The molecule has 0 radical (unpaired) electrons. The van der Waals surface area contributed by atoms with Crippen molar-refractivity contribution < 1.29 is 9.53 Å². The highest BCUT2D eigenvalue weighted by atomic mass is 32.2. The quantitative estimate of drug-likeness (QED) is 0.748. The molecule has 2 aliphatic rings. The number of hydrogen-bond donors (Lipinski definition) is 0. The van der Waals surface area contributed by atoms with Crippen molar-refractivity contribution in [3.63, 3.8) is 0 Å². The fourth-order valence-electron chi connectivity index (χ4n) is 3.06. The minimum atomic E-state index is -0.481. The monoisotopic (exact) mass is 338 g/mol. The summed E-state index contributed by atoms with van der Waals surface area (Å²) in [6.07, 6.45) is 3.60. The van der Waals surface area contributed by atoms with Gasteiger partial charge in [-0.3, -0.25) is 5.01 Å². The molecule has 2 aromatic rings. The van der Waals surface area contributed by atoms with Gasteiger partial charge in [-0.05, 0) is 24.0 Å². The number of carbonyl (C=O) groups is 1. The molecule has 24 heavy (non-hydrogen) atoms. The van der Waals surface area contributed by atoms with Crippen LogP contribution in [0.2, 0.25) is 0 Å². The average Bonchev–Trinajstić information content (AvgIpc) is 2.91. The van der Waals surface area contributed by atoms with E-state index in [1.54, 1.807) is 23.0 Å². The average molecular weight is 338 g/mol. The van der Waals surface area contributed by atoms with Crippen molar-refractivity contribution in [2.24, 2.45) is 10.1 Å². The van der Waals surface area contributed by atoms with Crippen LogP contribution in [0.25, 0.3) is 11.1 Å². The summed E-state index contributed by atoms with van der Waals surface area (Å²) in [6.45, 7) is 0. The number of hydrogen-bond acceptors (Lipinski definition) is 7. The number of aliphatic imine (C=N–C) groups is 1. The fourth-order valence-corrected chi connectivity index (χ4v) is 3.58. The lowest BCUT2D eigenvalue weighted by Gasteiger charge is -2.18. The van der Waals surface area contributed by atoms with Crippen LogP contribution in [0.1, 0.15) is 16.1 Å². The number of anilines is 1. The Hall–Kier alpha value is -2.67. The van der Waals surface area contributed by atoms with Crippen molar-refractivity contribution in [2.75, 3.05) is 25.4 Å². The van der Waals surface area contributed by atoms with E-state index in [1.165, 1.54) is 7.11 Å². The topological polar surface area (TPSA) is 67.2 Å². The van der Waals surface area contributed by atoms with Crippen LogP contribution in [0.5, 0.6) is 0 Å². The maximum Gasteiger partial charge on any atom is 0.358 e. The zero-order valence-corrected chi connectivity index (χ0v) is 14.2. The smallest absolute Gasteiger partial charge is 0.358 e. The number of methoxy groups -OCH3 is 1. The number of fused-ring (bicyclic) bond motifs is 2. The van der Waals surface area contributed by atoms with Gasteiger partial charge in [0.25, 0.3) is 0 Å². The maximum absolute atomic E-state index is 12.2.